The van der Waals surface area contributed by atoms with Crippen LogP contribution in [0.1, 0.15) is 25.8 Å². The predicted molar refractivity (Wildman–Crippen MR) is 73.4 cm³/mol. The number of alkyl halides is 1. The molecule has 18 heavy (non-hydrogen) atoms. The van der Waals surface area contributed by atoms with Crippen LogP contribution in [0.5, 0.6) is 0 Å². The summed E-state index contributed by atoms with van der Waals surface area (Å²) in [6.45, 7) is 4.12. The van der Waals surface area contributed by atoms with Crippen LogP contribution in [0.2, 0.25) is 0 Å². The minimum atomic E-state index is -3.38. The van der Waals surface area contributed by atoms with E-state index < -0.39 is 10.0 Å². The Morgan fingerprint density at radius 2 is 1.89 bits per heavy atom. The van der Waals surface area contributed by atoms with E-state index in [0.29, 0.717) is 10.8 Å². The van der Waals surface area contributed by atoms with E-state index in [2.05, 4.69) is 18.6 Å². The van der Waals surface area contributed by atoms with Gasteiger partial charge in [0, 0.05) is 11.9 Å². The first kappa shape index (κ1) is 13.8. The van der Waals surface area contributed by atoms with Crippen molar-refractivity contribution < 1.29 is 8.42 Å². The fourth-order valence-corrected chi connectivity index (χ4v) is 3.49. The predicted octanol–water partition coefficient (Wildman–Crippen LogP) is 2.54. The second-order valence-electron chi connectivity index (χ2n) is 5.45. The van der Waals surface area contributed by atoms with E-state index in [1.807, 2.05) is 12.1 Å². The molecule has 1 aliphatic rings. The maximum absolute atomic E-state index is 12.1. The molecule has 0 amide bonds. The summed E-state index contributed by atoms with van der Waals surface area (Å²) < 4.78 is 26.9. The van der Waals surface area contributed by atoms with Gasteiger partial charge in [-0.3, -0.25) is 0 Å². The molecular formula is C13H18ClNO2S. The van der Waals surface area contributed by atoms with Crippen LogP contribution in [0.25, 0.3) is 0 Å². The van der Waals surface area contributed by atoms with Crippen molar-refractivity contribution in [3.05, 3.63) is 29.8 Å². The molecule has 0 saturated heterocycles. The van der Waals surface area contributed by atoms with Crippen LogP contribution in [0, 0.1) is 5.41 Å². The molecule has 2 rings (SSSR count). The van der Waals surface area contributed by atoms with Gasteiger partial charge in [0.2, 0.25) is 10.0 Å². The van der Waals surface area contributed by atoms with Gasteiger partial charge in [-0.1, -0.05) is 26.0 Å². The summed E-state index contributed by atoms with van der Waals surface area (Å²) in [4.78, 5) is 0.323. The Morgan fingerprint density at radius 1 is 1.33 bits per heavy atom. The fourth-order valence-electron chi connectivity index (χ4n) is 1.87. The second kappa shape index (κ2) is 4.83. The van der Waals surface area contributed by atoms with Crippen molar-refractivity contribution in [3.8, 4) is 0 Å². The van der Waals surface area contributed by atoms with Gasteiger partial charge in [-0.2, -0.15) is 0 Å². The van der Waals surface area contributed by atoms with E-state index in [1.54, 1.807) is 12.1 Å². The van der Waals surface area contributed by atoms with Crippen LogP contribution in [-0.4, -0.2) is 20.3 Å². The summed E-state index contributed by atoms with van der Waals surface area (Å²) >= 11 is 5.64. The van der Waals surface area contributed by atoms with E-state index in [1.165, 1.54) is 0 Å². The molecule has 1 aromatic rings. The third kappa shape index (κ3) is 3.05. The number of benzene rings is 1. The van der Waals surface area contributed by atoms with Crippen molar-refractivity contribution in [2.24, 2.45) is 5.41 Å². The van der Waals surface area contributed by atoms with Gasteiger partial charge in [-0.25, -0.2) is 13.1 Å². The highest BCUT2D eigenvalue weighted by Crippen LogP contribution is 2.45. The van der Waals surface area contributed by atoms with Gasteiger partial charge in [0.05, 0.1) is 4.90 Å². The second-order valence-corrected chi connectivity index (χ2v) is 7.54. The van der Waals surface area contributed by atoms with Crippen LogP contribution in [0.3, 0.4) is 0 Å². The Hall–Kier alpha value is -0.580. The maximum Gasteiger partial charge on any atom is 0.240 e. The first-order valence-electron chi connectivity index (χ1n) is 6.02. The lowest BCUT2D eigenvalue weighted by atomic mass is 10.2. The summed E-state index contributed by atoms with van der Waals surface area (Å²) in [5.74, 6) is 0.542. The molecule has 0 aliphatic heterocycles. The average molecular weight is 288 g/mol. The summed E-state index contributed by atoms with van der Waals surface area (Å²) in [5, 5.41) is 0. The molecule has 1 aliphatic carbocycles. The largest absolute Gasteiger partial charge is 0.240 e. The Labute approximate surface area is 114 Å². The maximum atomic E-state index is 12.1. The van der Waals surface area contributed by atoms with E-state index in [9.17, 15) is 8.42 Å². The number of nitrogens with one attached hydrogen (secondary N) is 1. The smallest absolute Gasteiger partial charge is 0.208 e. The highest BCUT2D eigenvalue weighted by atomic mass is 35.5. The minimum absolute atomic E-state index is 0.0602. The highest BCUT2D eigenvalue weighted by Gasteiger charge is 2.47. The SMILES string of the molecule is CC1(C)CC1NS(=O)(=O)c1ccc(CCCl)cc1. The Bertz CT molecular complexity index is 522. The van der Waals surface area contributed by atoms with Crippen molar-refractivity contribution in [1.82, 2.24) is 4.72 Å². The molecule has 100 valence electrons. The van der Waals surface area contributed by atoms with Crippen LogP contribution in [0.15, 0.2) is 29.2 Å². The molecule has 1 aromatic carbocycles. The lowest BCUT2D eigenvalue weighted by Crippen LogP contribution is -2.28. The lowest BCUT2D eigenvalue weighted by Gasteiger charge is -2.08. The molecular weight excluding hydrogens is 270 g/mol. The fraction of sp³-hybridized carbons (Fsp3) is 0.538. The van der Waals surface area contributed by atoms with Gasteiger partial charge in [-0.15, -0.1) is 11.6 Å². The zero-order valence-corrected chi connectivity index (χ0v) is 12.2. The number of aryl methyl sites for hydroxylation is 1. The van der Waals surface area contributed by atoms with E-state index in [0.717, 1.165) is 18.4 Å². The topological polar surface area (TPSA) is 46.2 Å². The van der Waals surface area contributed by atoms with Gasteiger partial charge in [0.15, 0.2) is 0 Å². The molecule has 0 heterocycles. The van der Waals surface area contributed by atoms with Gasteiger partial charge >= 0.3 is 0 Å². The molecule has 0 aromatic heterocycles. The number of halogens is 1. The third-order valence-electron chi connectivity index (χ3n) is 3.43. The molecule has 0 radical (unpaired) electrons. The zero-order chi connectivity index (χ0) is 13.4. The van der Waals surface area contributed by atoms with Crippen molar-refractivity contribution in [2.45, 2.75) is 37.6 Å². The van der Waals surface area contributed by atoms with Crippen molar-refractivity contribution in [2.75, 3.05) is 5.88 Å². The molecule has 1 atom stereocenters. The van der Waals surface area contributed by atoms with Gasteiger partial charge < -0.3 is 0 Å². The summed E-state index contributed by atoms with van der Waals surface area (Å²) in [6.07, 6.45) is 1.65. The van der Waals surface area contributed by atoms with Crippen LogP contribution >= 0.6 is 11.6 Å². The average Bonchev–Trinajstić information content (AvgIpc) is 2.86. The minimum Gasteiger partial charge on any atom is -0.208 e. The van der Waals surface area contributed by atoms with E-state index in [-0.39, 0.29) is 11.5 Å². The van der Waals surface area contributed by atoms with Crippen LogP contribution in [-0.2, 0) is 16.4 Å². The van der Waals surface area contributed by atoms with E-state index >= 15 is 0 Å². The third-order valence-corrected chi connectivity index (χ3v) is 5.10. The Morgan fingerprint density at radius 3 is 2.33 bits per heavy atom. The van der Waals surface area contributed by atoms with Crippen molar-refractivity contribution in [1.29, 1.82) is 0 Å². The molecule has 1 saturated carbocycles. The Balaban J connectivity index is 2.10. The zero-order valence-electron chi connectivity index (χ0n) is 10.6. The number of hydrogen-bond donors (Lipinski definition) is 1. The molecule has 5 heteroatoms. The summed E-state index contributed by atoms with van der Waals surface area (Å²) in [5.41, 5.74) is 1.14. The molecule has 0 bridgehead atoms. The van der Waals surface area contributed by atoms with Crippen LogP contribution in [0.4, 0.5) is 0 Å². The van der Waals surface area contributed by atoms with Crippen molar-refractivity contribution >= 4 is 21.6 Å². The molecule has 0 spiro atoms. The van der Waals surface area contributed by atoms with Gasteiger partial charge in [-0.05, 0) is 36.0 Å². The Kier molecular flexibility index (Phi) is 3.72. The monoisotopic (exact) mass is 287 g/mol. The first-order valence-corrected chi connectivity index (χ1v) is 8.04. The normalized spacial score (nSPS) is 21.8. The summed E-state index contributed by atoms with van der Waals surface area (Å²) in [7, 11) is -3.38. The van der Waals surface area contributed by atoms with Crippen molar-refractivity contribution in [3.63, 3.8) is 0 Å². The van der Waals surface area contributed by atoms with Gasteiger partial charge in [0.1, 0.15) is 0 Å². The first-order chi connectivity index (χ1) is 8.35. The standard InChI is InChI=1S/C13H18ClNO2S/c1-13(2)9-12(13)15-18(16,17)11-5-3-10(4-6-11)7-8-14/h3-6,12,15H,7-9H2,1-2H3. The summed E-state index contributed by atoms with van der Waals surface area (Å²) in [6, 6.07) is 6.97. The highest BCUT2D eigenvalue weighted by molar-refractivity contribution is 7.89. The number of sulfonamides is 1. The van der Waals surface area contributed by atoms with Crippen LogP contribution < -0.4 is 4.72 Å². The quantitative estimate of drug-likeness (QED) is 0.846. The van der Waals surface area contributed by atoms with E-state index in [4.69, 9.17) is 11.6 Å². The molecule has 3 nitrogen and oxygen atoms in total. The molecule has 1 N–H and O–H groups in total. The molecule has 1 unspecified atom stereocenters. The lowest BCUT2D eigenvalue weighted by molar-refractivity contribution is 0.555. The molecule has 1 fully saturated rings. The number of hydrogen-bond acceptors (Lipinski definition) is 2. The van der Waals surface area contributed by atoms with Gasteiger partial charge in [0.25, 0.3) is 0 Å². The number of rotatable bonds is 5.